The second kappa shape index (κ2) is 7.18. The molecule has 1 unspecified atom stereocenters. The van der Waals surface area contributed by atoms with Crippen molar-refractivity contribution in [1.29, 1.82) is 0 Å². The van der Waals surface area contributed by atoms with E-state index in [1.54, 1.807) is 0 Å². The van der Waals surface area contributed by atoms with Gasteiger partial charge < -0.3 is 2.85 Å². The quantitative estimate of drug-likeness (QED) is 0.460. The van der Waals surface area contributed by atoms with Gasteiger partial charge in [-0.25, -0.2) is 17.7 Å². The Labute approximate surface area is 124 Å². The van der Waals surface area contributed by atoms with Crippen LogP contribution >= 0.6 is 0 Å². The molecule has 0 saturated heterocycles. The topological polar surface area (TPSA) is 0 Å². The molecular formula is C16H24Ti. The van der Waals surface area contributed by atoms with Crippen molar-refractivity contribution in [3.05, 3.63) is 47.1 Å². The van der Waals surface area contributed by atoms with Crippen LogP contribution in [0.1, 0.15) is 50.3 Å². The molecule has 0 heterocycles. The van der Waals surface area contributed by atoms with Crippen molar-refractivity contribution >= 4 is 0 Å². The van der Waals surface area contributed by atoms with E-state index in [2.05, 4.69) is 52.8 Å². The summed E-state index contributed by atoms with van der Waals surface area (Å²) in [6.07, 6.45) is 14.7. The minimum atomic E-state index is 0. The molecule has 1 atom stereocenters. The average molecular weight is 264 g/mol. The van der Waals surface area contributed by atoms with Gasteiger partial charge in [0.05, 0.1) is 0 Å². The van der Waals surface area contributed by atoms with Crippen LogP contribution in [0.25, 0.3) is 0 Å². The number of hydrogen-bond donors (Lipinski definition) is 0. The van der Waals surface area contributed by atoms with E-state index in [0.717, 1.165) is 12.8 Å². The smallest absolute Gasteiger partial charge is 1.00 e. The standard InChI is InChI=1S/C11H17.C5H5.Ti.2H/c1-6-11(5)7-8(2)9(3)10(11)4;1-2-4-5-3-1;;;/h6H2,1-5H3;1-3H,4H2;;;/q2*-1;+4;2*-1. The molecule has 0 fully saturated rings. The van der Waals surface area contributed by atoms with Gasteiger partial charge >= 0.3 is 21.7 Å². The van der Waals surface area contributed by atoms with Crippen LogP contribution in [0.5, 0.6) is 0 Å². The van der Waals surface area contributed by atoms with Gasteiger partial charge in [0.1, 0.15) is 0 Å². The molecule has 0 N–H and O–H groups in total. The van der Waals surface area contributed by atoms with Crippen molar-refractivity contribution in [3.63, 3.8) is 0 Å². The van der Waals surface area contributed by atoms with Crippen molar-refractivity contribution in [1.82, 2.24) is 0 Å². The molecule has 0 radical (unpaired) electrons. The third kappa shape index (κ3) is 4.12. The molecule has 0 aliphatic heterocycles. The Morgan fingerprint density at radius 3 is 2.18 bits per heavy atom. The zero-order chi connectivity index (χ0) is 12.2. The van der Waals surface area contributed by atoms with E-state index in [1.807, 2.05) is 12.2 Å². The molecule has 0 aromatic rings. The third-order valence-corrected chi connectivity index (χ3v) is 3.71. The molecule has 0 spiro atoms. The van der Waals surface area contributed by atoms with E-state index >= 15 is 0 Å². The van der Waals surface area contributed by atoms with Crippen LogP contribution in [0.4, 0.5) is 0 Å². The van der Waals surface area contributed by atoms with E-state index in [9.17, 15) is 0 Å². The van der Waals surface area contributed by atoms with Crippen LogP contribution in [0.2, 0.25) is 0 Å². The van der Waals surface area contributed by atoms with Gasteiger partial charge in [-0.15, -0.1) is 13.3 Å². The van der Waals surface area contributed by atoms with Crippen LogP contribution in [0, 0.1) is 17.6 Å². The van der Waals surface area contributed by atoms with E-state index in [1.165, 1.54) is 16.7 Å². The first-order valence-electron chi connectivity index (χ1n) is 6.03. The van der Waals surface area contributed by atoms with Crippen molar-refractivity contribution in [2.45, 2.75) is 47.5 Å². The Balaban J connectivity index is -0.000000277. The minimum absolute atomic E-state index is 0. The molecule has 2 aliphatic carbocycles. The summed E-state index contributed by atoms with van der Waals surface area (Å²) in [5.74, 6) is 0. The molecule has 0 amide bonds. The summed E-state index contributed by atoms with van der Waals surface area (Å²) in [5, 5.41) is 0. The van der Waals surface area contributed by atoms with Crippen LogP contribution < -0.4 is 0 Å². The molecule has 0 bridgehead atoms. The fourth-order valence-corrected chi connectivity index (χ4v) is 1.99. The second-order valence-electron chi connectivity index (χ2n) is 4.69. The third-order valence-electron chi connectivity index (χ3n) is 3.71. The van der Waals surface area contributed by atoms with Crippen LogP contribution in [-0.4, -0.2) is 0 Å². The Bertz CT molecular complexity index is 368. The van der Waals surface area contributed by atoms with E-state index in [4.69, 9.17) is 0 Å². The van der Waals surface area contributed by atoms with Crippen molar-refractivity contribution < 1.29 is 24.6 Å². The zero-order valence-corrected chi connectivity index (χ0v) is 13.2. The summed E-state index contributed by atoms with van der Waals surface area (Å²) in [5.41, 5.74) is 4.51. The Hall–Kier alpha value is -0.326. The van der Waals surface area contributed by atoms with E-state index < -0.39 is 0 Å². The normalized spacial score (nSPS) is 25.4. The van der Waals surface area contributed by atoms with Gasteiger partial charge in [-0.2, -0.15) is 17.2 Å². The molecule has 1 heteroatoms. The monoisotopic (exact) mass is 264 g/mol. The van der Waals surface area contributed by atoms with Gasteiger partial charge in [0.2, 0.25) is 0 Å². The minimum Gasteiger partial charge on any atom is -1.00 e. The van der Waals surface area contributed by atoms with Gasteiger partial charge in [0.15, 0.2) is 0 Å². The Morgan fingerprint density at radius 2 is 2.00 bits per heavy atom. The SMILES string of the molecule is CCC1(C)[C-]=C(C)C(C)=C1C.[C-]1=CC=CC1.[H-].[H-].[Ti+4]. The average Bonchev–Trinajstić information content (AvgIpc) is 2.89. The molecule has 17 heavy (non-hydrogen) atoms. The summed E-state index contributed by atoms with van der Waals surface area (Å²) in [6.45, 7) is 11.1. The maximum absolute atomic E-state index is 3.52. The van der Waals surface area contributed by atoms with Gasteiger partial charge in [-0.05, 0) is 0 Å². The molecule has 2 aliphatic rings. The Morgan fingerprint density at radius 1 is 1.35 bits per heavy atom. The van der Waals surface area contributed by atoms with Gasteiger partial charge in [0.25, 0.3) is 0 Å². The predicted octanol–water partition coefficient (Wildman–Crippen LogP) is 5.03. The molecule has 2 rings (SSSR count). The maximum atomic E-state index is 3.52. The van der Waals surface area contributed by atoms with Crippen LogP contribution in [0.3, 0.4) is 0 Å². The molecule has 0 aromatic heterocycles. The molecular weight excluding hydrogens is 240 g/mol. The van der Waals surface area contributed by atoms with Crippen molar-refractivity contribution in [3.8, 4) is 0 Å². The molecule has 92 valence electrons. The number of allylic oxidation sites excluding steroid dienone is 8. The Kier molecular flexibility index (Phi) is 7.05. The number of hydrogen-bond acceptors (Lipinski definition) is 0. The largest absolute Gasteiger partial charge is 4.00 e. The van der Waals surface area contributed by atoms with Gasteiger partial charge in [0, 0.05) is 0 Å². The van der Waals surface area contributed by atoms with Crippen molar-refractivity contribution in [2.75, 3.05) is 0 Å². The maximum Gasteiger partial charge on any atom is 4.00 e. The van der Waals surface area contributed by atoms with Crippen LogP contribution in [-0.2, 0) is 21.7 Å². The fraction of sp³-hybridized carbons (Fsp3) is 0.500. The summed E-state index contributed by atoms with van der Waals surface area (Å²) in [6, 6.07) is 0. The summed E-state index contributed by atoms with van der Waals surface area (Å²) < 4.78 is 0. The molecule has 0 aromatic carbocycles. The first-order chi connectivity index (χ1) is 7.51. The van der Waals surface area contributed by atoms with Crippen LogP contribution in [0.15, 0.2) is 34.9 Å². The fourth-order valence-electron chi connectivity index (χ4n) is 1.99. The first kappa shape index (κ1) is 16.7. The van der Waals surface area contributed by atoms with E-state index in [0.29, 0.717) is 0 Å². The van der Waals surface area contributed by atoms with Crippen molar-refractivity contribution in [2.24, 2.45) is 5.41 Å². The molecule has 0 nitrogen and oxygen atoms in total. The number of rotatable bonds is 1. The van der Waals surface area contributed by atoms with Gasteiger partial charge in [-0.1, -0.05) is 39.5 Å². The summed E-state index contributed by atoms with van der Waals surface area (Å²) in [4.78, 5) is 0. The summed E-state index contributed by atoms with van der Waals surface area (Å²) >= 11 is 0. The predicted molar refractivity (Wildman–Crippen MR) is 73.0 cm³/mol. The zero-order valence-electron chi connectivity index (χ0n) is 13.6. The van der Waals surface area contributed by atoms with E-state index in [-0.39, 0.29) is 30.0 Å². The first-order valence-corrected chi connectivity index (χ1v) is 6.03. The van der Waals surface area contributed by atoms with Gasteiger partial charge in [-0.3, -0.25) is 12.2 Å². The summed E-state index contributed by atoms with van der Waals surface area (Å²) in [7, 11) is 0. The molecule has 0 saturated carbocycles. The second-order valence-corrected chi connectivity index (χ2v) is 4.69.